The van der Waals surface area contributed by atoms with Gasteiger partial charge in [-0.15, -0.1) is 0 Å². The second kappa shape index (κ2) is 13.4. The highest BCUT2D eigenvalue weighted by molar-refractivity contribution is 5.96. The average molecular weight is 581 g/mol. The average Bonchev–Trinajstić information content (AvgIpc) is 2.91. The number of esters is 1. The molecule has 0 radical (unpaired) electrons. The summed E-state index contributed by atoms with van der Waals surface area (Å²) in [7, 11) is 2.98. The van der Waals surface area contributed by atoms with Crippen molar-refractivity contribution in [1.29, 1.82) is 0 Å². The van der Waals surface area contributed by atoms with E-state index < -0.39 is 23.6 Å². The van der Waals surface area contributed by atoms with Crippen molar-refractivity contribution in [2.45, 2.75) is 20.8 Å². The van der Waals surface area contributed by atoms with E-state index in [1.54, 1.807) is 39.0 Å². The number of halogens is 2. The number of aromatic carboxylic acids is 1. The van der Waals surface area contributed by atoms with Crippen LogP contribution in [-0.2, 0) is 18.8 Å². The van der Waals surface area contributed by atoms with Crippen LogP contribution in [0.25, 0.3) is 0 Å². The first-order chi connectivity index (χ1) is 19.8. The van der Waals surface area contributed by atoms with E-state index in [1.165, 1.54) is 55.3 Å². The van der Waals surface area contributed by atoms with Gasteiger partial charge in [-0.3, -0.25) is 9.59 Å². The molecule has 3 N–H and O–H groups in total. The summed E-state index contributed by atoms with van der Waals surface area (Å²) in [5, 5.41) is 14.6. The molecule has 12 heteroatoms. The largest absolute Gasteiger partial charge is 0.478 e. The van der Waals surface area contributed by atoms with Crippen molar-refractivity contribution < 1.29 is 28.2 Å². The van der Waals surface area contributed by atoms with Crippen molar-refractivity contribution in [3.8, 4) is 0 Å². The summed E-state index contributed by atoms with van der Waals surface area (Å²) in [6.45, 7) is 5.41. The number of carboxylic acids is 1. The number of anilines is 4. The van der Waals surface area contributed by atoms with E-state index in [9.17, 15) is 28.0 Å². The number of nitrogens with zero attached hydrogens (tertiary/aromatic N) is 2. The van der Waals surface area contributed by atoms with Gasteiger partial charge >= 0.3 is 11.9 Å². The molecule has 0 amide bonds. The lowest BCUT2D eigenvalue weighted by Crippen LogP contribution is -2.20. The molecule has 0 spiro atoms. The monoisotopic (exact) mass is 580 g/mol. The van der Waals surface area contributed by atoms with Gasteiger partial charge in [0, 0.05) is 38.6 Å². The Bertz CT molecular complexity index is 1760. The van der Waals surface area contributed by atoms with E-state index in [1.807, 2.05) is 0 Å². The van der Waals surface area contributed by atoms with E-state index in [-0.39, 0.29) is 51.6 Å². The molecule has 4 rings (SSSR count). The Kier molecular flexibility index (Phi) is 9.98. The fourth-order valence-electron chi connectivity index (χ4n) is 3.74. The molecule has 0 saturated carbocycles. The SMILES string of the molecule is CCOC(=O)c1cn(C)c(=O)cc1Nc1ccc(C)cc1F.Cc1ccc(Nc2cc(=O)n(C)cc2C(=O)O)c(F)c1. The summed E-state index contributed by atoms with van der Waals surface area (Å²) in [5.74, 6) is -2.75. The zero-order valence-corrected chi connectivity index (χ0v) is 23.6. The zero-order valence-electron chi connectivity index (χ0n) is 23.6. The normalized spacial score (nSPS) is 10.4. The quantitative estimate of drug-likeness (QED) is 0.260. The number of nitrogens with one attached hydrogen (secondary N) is 2. The minimum atomic E-state index is -1.20. The Morgan fingerprint density at radius 3 is 1.60 bits per heavy atom. The Hall–Kier alpha value is -5.26. The summed E-state index contributed by atoms with van der Waals surface area (Å²) in [5.41, 5.74) is 1.46. The van der Waals surface area contributed by atoms with Crippen LogP contribution in [0, 0.1) is 25.5 Å². The number of aryl methyl sites for hydroxylation is 4. The third-order valence-electron chi connectivity index (χ3n) is 5.97. The molecule has 0 aliphatic carbocycles. The van der Waals surface area contributed by atoms with Crippen molar-refractivity contribution in [2.24, 2.45) is 14.1 Å². The molecular weight excluding hydrogens is 550 g/mol. The number of rotatable bonds is 7. The van der Waals surface area contributed by atoms with Crippen LogP contribution < -0.4 is 21.8 Å². The third-order valence-corrected chi connectivity index (χ3v) is 5.97. The maximum atomic E-state index is 13.9. The van der Waals surface area contributed by atoms with E-state index in [4.69, 9.17) is 9.84 Å². The second-order valence-electron chi connectivity index (χ2n) is 9.34. The van der Waals surface area contributed by atoms with Crippen molar-refractivity contribution >= 4 is 34.7 Å². The van der Waals surface area contributed by atoms with Crippen molar-refractivity contribution in [2.75, 3.05) is 17.2 Å². The number of hydrogen-bond acceptors (Lipinski definition) is 7. The Morgan fingerprint density at radius 2 is 1.19 bits per heavy atom. The molecule has 2 aromatic carbocycles. The van der Waals surface area contributed by atoms with Crippen LogP contribution in [0.1, 0.15) is 38.8 Å². The van der Waals surface area contributed by atoms with Crippen LogP contribution in [0.15, 0.2) is 70.5 Å². The van der Waals surface area contributed by atoms with Crippen molar-refractivity contribution in [3.63, 3.8) is 0 Å². The van der Waals surface area contributed by atoms with Gasteiger partial charge in [0.15, 0.2) is 0 Å². The molecule has 0 bridgehead atoms. The molecule has 0 aliphatic rings. The van der Waals surface area contributed by atoms with Crippen LogP contribution in [0.5, 0.6) is 0 Å². The fourth-order valence-corrected chi connectivity index (χ4v) is 3.74. The molecule has 220 valence electrons. The highest BCUT2D eigenvalue weighted by Crippen LogP contribution is 2.24. The fraction of sp³-hybridized carbons (Fsp3) is 0.200. The van der Waals surface area contributed by atoms with Crippen LogP contribution in [0.2, 0.25) is 0 Å². The first kappa shape index (κ1) is 31.3. The lowest BCUT2D eigenvalue weighted by atomic mass is 10.2. The van der Waals surface area contributed by atoms with Gasteiger partial charge in [-0.05, 0) is 56.2 Å². The van der Waals surface area contributed by atoms with Crippen LogP contribution in [0.4, 0.5) is 31.5 Å². The van der Waals surface area contributed by atoms with Crippen LogP contribution in [-0.4, -0.2) is 32.8 Å². The number of carbonyl (C=O) groups excluding carboxylic acids is 1. The molecule has 4 aromatic rings. The number of carboxylic acid groups (broad SMARTS) is 1. The molecule has 2 aromatic heterocycles. The third kappa shape index (κ3) is 7.68. The Morgan fingerprint density at radius 1 is 0.762 bits per heavy atom. The first-order valence-corrected chi connectivity index (χ1v) is 12.7. The smallest absolute Gasteiger partial charge is 0.341 e. The summed E-state index contributed by atoms with van der Waals surface area (Å²) in [4.78, 5) is 46.5. The standard InChI is InChI=1S/C16H17FN2O3.C14H13FN2O3/c1-4-22-16(21)11-9-19(3)15(20)8-14(11)18-13-6-5-10(2)7-12(13)17;1-8-3-4-11(10(15)5-8)16-12-6-13(18)17(2)7-9(12)14(19)20/h5-9,18H,4H2,1-3H3;3-7,16H,1-2H3,(H,19,20). The number of aromatic nitrogens is 2. The highest BCUT2D eigenvalue weighted by Gasteiger charge is 2.16. The molecule has 0 atom stereocenters. The molecule has 42 heavy (non-hydrogen) atoms. The highest BCUT2D eigenvalue weighted by atomic mass is 19.1. The van der Waals surface area contributed by atoms with Gasteiger partial charge in [0.25, 0.3) is 11.1 Å². The molecule has 0 saturated heterocycles. The van der Waals surface area contributed by atoms with E-state index in [2.05, 4.69) is 10.6 Å². The predicted molar refractivity (Wildman–Crippen MR) is 155 cm³/mol. The van der Waals surface area contributed by atoms with Crippen molar-refractivity contribution in [1.82, 2.24) is 9.13 Å². The topological polar surface area (TPSA) is 132 Å². The molecule has 0 unspecified atom stereocenters. The van der Waals surface area contributed by atoms with E-state index >= 15 is 0 Å². The maximum Gasteiger partial charge on any atom is 0.341 e. The molecule has 0 fully saturated rings. The molecule has 2 heterocycles. The number of carbonyl (C=O) groups is 2. The zero-order chi connectivity index (χ0) is 31.1. The van der Waals surface area contributed by atoms with Gasteiger partial charge in [-0.25, -0.2) is 18.4 Å². The summed E-state index contributed by atoms with van der Waals surface area (Å²) >= 11 is 0. The lowest BCUT2D eigenvalue weighted by Gasteiger charge is -2.13. The molecule has 10 nitrogen and oxygen atoms in total. The molecule has 0 aliphatic heterocycles. The van der Waals surface area contributed by atoms with Crippen LogP contribution in [0.3, 0.4) is 0 Å². The van der Waals surface area contributed by atoms with Gasteiger partial charge in [0.1, 0.15) is 11.6 Å². The maximum absolute atomic E-state index is 13.9. The summed E-state index contributed by atoms with van der Waals surface area (Å²) in [6, 6.07) is 11.5. The Labute approximate surface area is 239 Å². The number of pyridine rings is 2. The minimum Gasteiger partial charge on any atom is -0.478 e. The number of hydrogen-bond donors (Lipinski definition) is 3. The second-order valence-corrected chi connectivity index (χ2v) is 9.34. The Balaban J connectivity index is 0.000000231. The van der Waals surface area contributed by atoms with Gasteiger partial charge < -0.3 is 29.6 Å². The van der Waals surface area contributed by atoms with Crippen LogP contribution >= 0.6 is 0 Å². The van der Waals surface area contributed by atoms with Gasteiger partial charge in [0.2, 0.25) is 0 Å². The van der Waals surface area contributed by atoms with Crippen molar-refractivity contribution in [3.05, 3.63) is 116 Å². The van der Waals surface area contributed by atoms with E-state index in [0.717, 1.165) is 21.8 Å². The van der Waals surface area contributed by atoms with Gasteiger partial charge in [0.05, 0.1) is 40.5 Å². The minimum absolute atomic E-state index is 0.0587. The van der Waals surface area contributed by atoms with E-state index in [0.29, 0.717) is 0 Å². The lowest BCUT2D eigenvalue weighted by molar-refractivity contribution is 0.0526. The summed E-state index contributed by atoms with van der Waals surface area (Å²) in [6.07, 6.45) is 2.56. The first-order valence-electron chi connectivity index (χ1n) is 12.7. The summed E-state index contributed by atoms with van der Waals surface area (Å²) < 4.78 is 35.1. The van der Waals surface area contributed by atoms with Gasteiger partial charge in [-0.1, -0.05) is 12.1 Å². The van der Waals surface area contributed by atoms with Gasteiger partial charge in [-0.2, -0.15) is 0 Å². The number of benzene rings is 2. The molecular formula is C30H30F2N4O6. The predicted octanol–water partition coefficient (Wildman–Crippen LogP) is 5.03. The number of ether oxygens (including phenoxy) is 1.